The van der Waals surface area contributed by atoms with Crippen LogP contribution in [0.1, 0.15) is 31.7 Å². The Kier molecular flexibility index (Phi) is 1.73. The zero-order chi connectivity index (χ0) is 10.5. The van der Waals surface area contributed by atoms with Crippen LogP contribution >= 0.6 is 0 Å². The number of nitrogens with zero attached hydrogens (tertiary/aromatic N) is 1. The molecule has 78 valence electrons. The summed E-state index contributed by atoms with van der Waals surface area (Å²) < 4.78 is 0. The van der Waals surface area contributed by atoms with Crippen LogP contribution in [0.15, 0.2) is 36.0 Å². The van der Waals surface area contributed by atoms with Gasteiger partial charge in [-0.2, -0.15) is 0 Å². The molecular weight excluding hydrogens is 182 g/mol. The molecule has 1 aliphatic heterocycles. The topological polar surface area (TPSA) is 3.24 Å². The molecule has 1 unspecified atom stereocenters. The number of rotatable bonds is 0. The molecule has 0 spiro atoms. The minimum atomic E-state index is 0.281. The zero-order valence-electron chi connectivity index (χ0n) is 9.46. The van der Waals surface area contributed by atoms with Gasteiger partial charge in [0.1, 0.15) is 0 Å². The van der Waals surface area contributed by atoms with Crippen LogP contribution in [0.4, 0.5) is 5.69 Å². The number of hydrogen-bond acceptors (Lipinski definition) is 1. The Morgan fingerprint density at radius 2 is 2.07 bits per heavy atom. The average molecular weight is 199 g/mol. The van der Waals surface area contributed by atoms with Crippen LogP contribution in [0.5, 0.6) is 0 Å². The molecule has 0 amide bonds. The summed E-state index contributed by atoms with van der Waals surface area (Å²) in [5.74, 6) is 0. The van der Waals surface area contributed by atoms with Crippen molar-refractivity contribution in [1.29, 1.82) is 0 Å². The van der Waals surface area contributed by atoms with E-state index in [1.54, 1.807) is 0 Å². The van der Waals surface area contributed by atoms with Gasteiger partial charge < -0.3 is 4.90 Å². The molecule has 0 saturated carbocycles. The second-order valence-electron chi connectivity index (χ2n) is 4.89. The summed E-state index contributed by atoms with van der Waals surface area (Å²) in [6.07, 6.45) is 6.27. The van der Waals surface area contributed by atoms with Gasteiger partial charge in [-0.15, -0.1) is 0 Å². The Morgan fingerprint density at radius 3 is 2.93 bits per heavy atom. The lowest BCUT2D eigenvalue weighted by atomic mass is 9.74. The van der Waals surface area contributed by atoms with Crippen molar-refractivity contribution in [1.82, 2.24) is 0 Å². The van der Waals surface area contributed by atoms with Crippen molar-refractivity contribution in [3.8, 4) is 0 Å². The van der Waals surface area contributed by atoms with Crippen molar-refractivity contribution in [2.45, 2.75) is 31.6 Å². The number of hydrogen-bond donors (Lipinski definition) is 0. The minimum Gasteiger partial charge on any atom is -0.347 e. The predicted molar refractivity (Wildman–Crippen MR) is 64.1 cm³/mol. The van der Waals surface area contributed by atoms with Gasteiger partial charge in [-0.3, -0.25) is 0 Å². The average Bonchev–Trinajstić information content (AvgIpc) is 2.50. The summed E-state index contributed by atoms with van der Waals surface area (Å²) in [6.45, 7) is 2.39. The maximum atomic E-state index is 2.42. The highest BCUT2D eigenvalue weighted by Crippen LogP contribution is 2.51. The normalized spacial score (nSPS) is 28.4. The van der Waals surface area contributed by atoms with Crippen molar-refractivity contribution in [3.63, 3.8) is 0 Å². The van der Waals surface area contributed by atoms with E-state index in [9.17, 15) is 0 Å². The van der Waals surface area contributed by atoms with E-state index in [-0.39, 0.29) is 5.41 Å². The number of benzene rings is 1. The second-order valence-corrected chi connectivity index (χ2v) is 4.89. The number of allylic oxidation sites excluding steroid dienone is 2. The molecule has 1 aromatic rings. The van der Waals surface area contributed by atoms with Crippen LogP contribution in [-0.4, -0.2) is 7.05 Å². The lowest BCUT2D eigenvalue weighted by molar-refractivity contribution is 0.475. The van der Waals surface area contributed by atoms with E-state index in [4.69, 9.17) is 0 Å². The molecule has 1 nitrogen and oxygen atoms in total. The van der Waals surface area contributed by atoms with Gasteiger partial charge in [0.05, 0.1) is 0 Å². The number of fused-ring (bicyclic) bond motifs is 3. The van der Waals surface area contributed by atoms with Gasteiger partial charge in [-0.05, 0) is 37.8 Å². The van der Waals surface area contributed by atoms with E-state index < -0.39 is 0 Å². The van der Waals surface area contributed by atoms with Gasteiger partial charge in [-0.25, -0.2) is 0 Å². The standard InChI is InChI=1S/C14H17N/c1-14-10-6-5-9-13(14)15(2)12-8-4-3-7-11(12)14/h3-4,7-9H,5-6,10H2,1-2H3. The highest BCUT2D eigenvalue weighted by atomic mass is 15.2. The molecule has 1 heterocycles. The lowest BCUT2D eigenvalue weighted by Crippen LogP contribution is -2.28. The predicted octanol–water partition coefficient (Wildman–Crippen LogP) is 3.46. The minimum absolute atomic E-state index is 0.281. The van der Waals surface area contributed by atoms with Crippen LogP contribution in [0.2, 0.25) is 0 Å². The number of para-hydroxylation sites is 1. The molecule has 0 N–H and O–H groups in total. The highest BCUT2D eigenvalue weighted by Gasteiger charge is 2.42. The quantitative estimate of drug-likeness (QED) is 0.618. The van der Waals surface area contributed by atoms with Gasteiger partial charge in [0.25, 0.3) is 0 Å². The first-order valence-corrected chi connectivity index (χ1v) is 5.77. The monoisotopic (exact) mass is 199 g/mol. The maximum Gasteiger partial charge on any atom is 0.0447 e. The SMILES string of the molecule is CN1C2=CCCCC2(C)c2ccccc21. The number of anilines is 1. The third-order valence-electron chi connectivity index (χ3n) is 4.01. The van der Waals surface area contributed by atoms with Crippen molar-refractivity contribution in [2.75, 3.05) is 11.9 Å². The Labute approximate surface area is 91.4 Å². The number of likely N-dealkylation sites (N-methyl/N-ethyl adjacent to an activating group) is 1. The van der Waals surface area contributed by atoms with Crippen LogP contribution < -0.4 is 4.90 Å². The van der Waals surface area contributed by atoms with Crippen molar-refractivity contribution >= 4 is 5.69 Å². The van der Waals surface area contributed by atoms with E-state index >= 15 is 0 Å². The molecular formula is C14H17N. The highest BCUT2D eigenvalue weighted by molar-refractivity contribution is 5.70. The van der Waals surface area contributed by atoms with Gasteiger partial charge in [0.2, 0.25) is 0 Å². The Balaban J connectivity index is 2.25. The van der Waals surface area contributed by atoms with Gasteiger partial charge in [0, 0.05) is 23.8 Å². The largest absolute Gasteiger partial charge is 0.347 e. The van der Waals surface area contributed by atoms with E-state index in [1.165, 1.54) is 36.2 Å². The summed E-state index contributed by atoms with van der Waals surface area (Å²) in [5.41, 5.74) is 4.70. The van der Waals surface area contributed by atoms with E-state index in [0.29, 0.717) is 0 Å². The van der Waals surface area contributed by atoms with Crippen molar-refractivity contribution in [2.24, 2.45) is 0 Å². The third kappa shape index (κ3) is 1.04. The molecule has 1 atom stereocenters. The first-order valence-electron chi connectivity index (χ1n) is 5.77. The van der Waals surface area contributed by atoms with E-state index in [2.05, 4.69) is 49.2 Å². The van der Waals surface area contributed by atoms with Crippen LogP contribution in [0, 0.1) is 0 Å². The molecule has 1 aromatic carbocycles. The molecule has 0 bridgehead atoms. The summed E-state index contributed by atoms with van der Waals surface area (Å²) in [7, 11) is 2.20. The molecule has 2 aliphatic rings. The van der Waals surface area contributed by atoms with Gasteiger partial charge >= 0.3 is 0 Å². The van der Waals surface area contributed by atoms with Crippen LogP contribution in [-0.2, 0) is 5.41 Å². The smallest absolute Gasteiger partial charge is 0.0447 e. The van der Waals surface area contributed by atoms with Gasteiger partial charge in [-0.1, -0.05) is 24.3 Å². The van der Waals surface area contributed by atoms with E-state index in [0.717, 1.165) is 0 Å². The van der Waals surface area contributed by atoms with Crippen molar-refractivity contribution < 1.29 is 0 Å². The first kappa shape index (κ1) is 9.02. The Morgan fingerprint density at radius 1 is 1.27 bits per heavy atom. The molecule has 0 radical (unpaired) electrons. The molecule has 15 heavy (non-hydrogen) atoms. The lowest BCUT2D eigenvalue weighted by Gasteiger charge is -2.32. The van der Waals surface area contributed by atoms with Crippen LogP contribution in [0.3, 0.4) is 0 Å². The Hall–Kier alpha value is -1.24. The first-order chi connectivity index (χ1) is 7.23. The van der Waals surface area contributed by atoms with Crippen LogP contribution in [0.25, 0.3) is 0 Å². The molecule has 0 fully saturated rings. The maximum absolute atomic E-state index is 2.42. The van der Waals surface area contributed by atoms with E-state index in [1.807, 2.05) is 0 Å². The fourth-order valence-corrected chi connectivity index (χ4v) is 3.19. The van der Waals surface area contributed by atoms with Gasteiger partial charge in [0.15, 0.2) is 0 Å². The van der Waals surface area contributed by atoms with Crippen molar-refractivity contribution in [3.05, 3.63) is 41.6 Å². The Bertz CT molecular complexity index is 433. The fourth-order valence-electron chi connectivity index (χ4n) is 3.19. The molecule has 0 saturated heterocycles. The third-order valence-corrected chi connectivity index (χ3v) is 4.01. The molecule has 1 heteroatoms. The second kappa shape index (κ2) is 2.88. The molecule has 0 aromatic heterocycles. The summed E-state index contributed by atoms with van der Waals surface area (Å²) >= 11 is 0. The molecule has 1 aliphatic carbocycles. The summed E-state index contributed by atoms with van der Waals surface area (Å²) in [4.78, 5) is 2.37. The summed E-state index contributed by atoms with van der Waals surface area (Å²) in [5, 5.41) is 0. The fraction of sp³-hybridized carbons (Fsp3) is 0.429. The zero-order valence-corrected chi connectivity index (χ0v) is 9.46. The molecule has 3 rings (SSSR count). The summed E-state index contributed by atoms with van der Waals surface area (Å²) in [6, 6.07) is 8.82.